The Bertz CT molecular complexity index is 1240. The van der Waals surface area contributed by atoms with Crippen LogP contribution in [0, 0.1) is 23.7 Å². The van der Waals surface area contributed by atoms with E-state index in [1.165, 1.54) is 23.4 Å². The molecular weight excluding hydrogens is 560 g/mol. The standard InChI is InChI=1S/C33H50N6O5/c1-20(2)12-27(28(40)13-23(7)30(41)38-29(22(5)6)32(43)36-15-21(3)4)37-31(42)25-14-26(18-35-17-25)33(44)39(8)19-24-10-9-11-34-16-24/h9-11,14,16-18,20-23,27-29,40H,12-13,15,19H2,1-8H3,(H,36,43)(H,37,42)(H,38,41). The summed E-state index contributed by atoms with van der Waals surface area (Å²) in [5.74, 6) is -1.68. The number of nitrogens with one attached hydrogen (secondary N) is 3. The van der Waals surface area contributed by atoms with Gasteiger partial charge < -0.3 is 26.0 Å². The third-order valence-electron chi connectivity index (χ3n) is 7.22. The Morgan fingerprint density at radius 1 is 0.864 bits per heavy atom. The van der Waals surface area contributed by atoms with Gasteiger partial charge in [-0.15, -0.1) is 0 Å². The summed E-state index contributed by atoms with van der Waals surface area (Å²) >= 11 is 0. The van der Waals surface area contributed by atoms with Crippen LogP contribution in [0.15, 0.2) is 43.0 Å². The monoisotopic (exact) mass is 610 g/mol. The van der Waals surface area contributed by atoms with Gasteiger partial charge in [0.2, 0.25) is 11.8 Å². The fourth-order valence-corrected chi connectivity index (χ4v) is 4.69. The smallest absolute Gasteiger partial charge is 0.255 e. The summed E-state index contributed by atoms with van der Waals surface area (Å²) < 4.78 is 0. The minimum atomic E-state index is -1.03. The van der Waals surface area contributed by atoms with Crippen LogP contribution in [0.4, 0.5) is 0 Å². The normalized spacial score (nSPS) is 14.1. The highest BCUT2D eigenvalue weighted by Gasteiger charge is 2.30. The maximum absolute atomic E-state index is 13.3. The minimum Gasteiger partial charge on any atom is -0.391 e. The molecule has 0 spiro atoms. The Labute approximate surface area is 261 Å². The highest BCUT2D eigenvalue weighted by Crippen LogP contribution is 2.18. The second-order valence-electron chi connectivity index (χ2n) is 12.8. The van der Waals surface area contributed by atoms with Crippen molar-refractivity contribution in [2.45, 2.75) is 86.0 Å². The van der Waals surface area contributed by atoms with Crippen LogP contribution in [0.2, 0.25) is 0 Å². The van der Waals surface area contributed by atoms with Gasteiger partial charge in [0, 0.05) is 50.8 Å². The Hall–Kier alpha value is -3.86. The molecule has 2 heterocycles. The number of pyridine rings is 2. The van der Waals surface area contributed by atoms with Crippen LogP contribution >= 0.6 is 0 Å². The van der Waals surface area contributed by atoms with Crippen molar-refractivity contribution in [3.05, 3.63) is 59.7 Å². The van der Waals surface area contributed by atoms with Crippen LogP contribution in [-0.4, -0.2) is 75.4 Å². The van der Waals surface area contributed by atoms with Crippen molar-refractivity contribution in [1.29, 1.82) is 0 Å². The molecule has 2 aromatic rings. The lowest BCUT2D eigenvalue weighted by Gasteiger charge is -2.29. The number of aromatic nitrogens is 2. The van der Waals surface area contributed by atoms with Crippen molar-refractivity contribution in [3.8, 4) is 0 Å². The summed E-state index contributed by atoms with van der Waals surface area (Å²) in [5.41, 5.74) is 1.31. The third-order valence-corrected chi connectivity index (χ3v) is 7.22. The molecule has 4 amide bonds. The molecule has 4 unspecified atom stereocenters. The molecule has 0 radical (unpaired) electrons. The second kappa shape index (κ2) is 17.4. The molecule has 0 saturated carbocycles. The van der Waals surface area contributed by atoms with Crippen molar-refractivity contribution in [2.75, 3.05) is 13.6 Å². The first kappa shape index (κ1) is 36.3. The van der Waals surface area contributed by atoms with Gasteiger partial charge >= 0.3 is 0 Å². The molecule has 242 valence electrons. The first-order chi connectivity index (χ1) is 20.7. The zero-order valence-corrected chi connectivity index (χ0v) is 27.3. The van der Waals surface area contributed by atoms with E-state index in [9.17, 15) is 24.3 Å². The van der Waals surface area contributed by atoms with E-state index in [-0.39, 0.29) is 53.0 Å². The molecule has 4 atom stereocenters. The Kier molecular flexibility index (Phi) is 14.4. The summed E-state index contributed by atoms with van der Waals surface area (Å²) in [6.45, 7) is 14.2. The van der Waals surface area contributed by atoms with Gasteiger partial charge in [-0.3, -0.25) is 29.1 Å². The topological polar surface area (TPSA) is 154 Å². The number of hydrogen-bond donors (Lipinski definition) is 4. The quantitative estimate of drug-likeness (QED) is 0.228. The zero-order chi connectivity index (χ0) is 33.0. The number of carbonyl (C=O) groups is 4. The van der Waals surface area contributed by atoms with E-state index in [2.05, 4.69) is 25.9 Å². The second-order valence-corrected chi connectivity index (χ2v) is 12.8. The van der Waals surface area contributed by atoms with Gasteiger partial charge in [-0.25, -0.2) is 0 Å². The van der Waals surface area contributed by atoms with E-state index in [0.29, 0.717) is 19.5 Å². The molecule has 44 heavy (non-hydrogen) atoms. The lowest BCUT2D eigenvalue weighted by Crippen LogP contribution is -2.52. The van der Waals surface area contributed by atoms with Crippen LogP contribution in [-0.2, 0) is 16.1 Å². The summed E-state index contributed by atoms with van der Waals surface area (Å²) in [6.07, 6.45) is 5.65. The molecule has 2 aromatic heterocycles. The molecular formula is C33H50N6O5. The van der Waals surface area contributed by atoms with E-state index >= 15 is 0 Å². The number of aliphatic hydroxyl groups is 1. The van der Waals surface area contributed by atoms with Crippen molar-refractivity contribution in [2.24, 2.45) is 23.7 Å². The first-order valence-corrected chi connectivity index (χ1v) is 15.4. The van der Waals surface area contributed by atoms with Crippen LogP contribution < -0.4 is 16.0 Å². The van der Waals surface area contributed by atoms with E-state index in [0.717, 1.165) is 5.56 Å². The maximum Gasteiger partial charge on any atom is 0.255 e. The number of nitrogens with zero attached hydrogens (tertiary/aromatic N) is 3. The molecule has 0 bridgehead atoms. The highest BCUT2D eigenvalue weighted by molar-refractivity contribution is 5.99. The Morgan fingerprint density at radius 2 is 1.55 bits per heavy atom. The van der Waals surface area contributed by atoms with Crippen LogP contribution in [0.5, 0.6) is 0 Å². The Balaban J connectivity index is 2.08. The number of hydrogen-bond acceptors (Lipinski definition) is 7. The maximum atomic E-state index is 13.3. The van der Waals surface area contributed by atoms with Gasteiger partial charge in [-0.2, -0.15) is 0 Å². The highest BCUT2D eigenvalue weighted by atomic mass is 16.3. The molecule has 0 saturated heterocycles. The molecule has 0 aliphatic rings. The van der Waals surface area contributed by atoms with E-state index in [4.69, 9.17) is 0 Å². The largest absolute Gasteiger partial charge is 0.391 e. The van der Waals surface area contributed by atoms with Gasteiger partial charge in [0.1, 0.15) is 6.04 Å². The summed E-state index contributed by atoms with van der Waals surface area (Å²) in [5, 5.41) is 19.8. The van der Waals surface area contributed by atoms with Crippen LogP contribution in [0.3, 0.4) is 0 Å². The molecule has 11 nitrogen and oxygen atoms in total. The Morgan fingerprint density at radius 3 is 2.14 bits per heavy atom. The van der Waals surface area contributed by atoms with Gasteiger partial charge in [0.25, 0.3) is 11.8 Å². The zero-order valence-electron chi connectivity index (χ0n) is 27.3. The molecule has 2 rings (SSSR count). The lowest BCUT2D eigenvalue weighted by atomic mass is 9.91. The van der Waals surface area contributed by atoms with Gasteiger partial charge in [-0.1, -0.05) is 54.5 Å². The summed E-state index contributed by atoms with van der Waals surface area (Å²) in [7, 11) is 1.66. The SMILES string of the molecule is CC(C)CNC(=O)C(NC(=O)C(C)CC(O)C(CC(C)C)NC(=O)c1cncc(C(=O)N(C)Cc2cccnc2)c1)C(C)C. The summed E-state index contributed by atoms with van der Waals surface area (Å²) in [6, 6.07) is 3.80. The molecule has 0 fully saturated rings. The number of rotatable bonds is 16. The lowest BCUT2D eigenvalue weighted by molar-refractivity contribution is -0.132. The number of amides is 4. The number of carbonyl (C=O) groups excluding carboxylic acids is 4. The number of aliphatic hydroxyl groups excluding tert-OH is 1. The fraction of sp³-hybridized carbons (Fsp3) is 0.576. The first-order valence-electron chi connectivity index (χ1n) is 15.4. The third kappa shape index (κ3) is 11.7. The predicted octanol–water partition coefficient (Wildman–Crippen LogP) is 3.19. The minimum absolute atomic E-state index is 0.0812. The summed E-state index contributed by atoms with van der Waals surface area (Å²) in [4.78, 5) is 61.8. The van der Waals surface area contributed by atoms with Gasteiger partial charge in [0.15, 0.2) is 0 Å². The van der Waals surface area contributed by atoms with Crippen LogP contribution in [0.1, 0.15) is 87.6 Å². The van der Waals surface area contributed by atoms with Crippen molar-refractivity contribution in [3.63, 3.8) is 0 Å². The van der Waals surface area contributed by atoms with Crippen molar-refractivity contribution in [1.82, 2.24) is 30.8 Å². The molecule has 0 aliphatic carbocycles. The van der Waals surface area contributed by atoms with Crippen molar-refractivity contribution < 1.29 is 24.3 Å². The van der Waals surface area contributed by atoms with E-state index < -0.39 is 30.0 Å². The molecule has 11 heteroatoms. The van der Waals surface area contributed by atoms with Gasteiger partial charge in [0.05, 0.1) is 23.3 Å². The average Bonchev–Trinajstić information content (AvgIpc) is 2.97. The average molecular weight is 611 g/mol. The molecule has 4 N–H and O–H groups in total. The predicted molar refractivity (Wildman–Crippen MR) is 169 cm³/mol. The fourth-order valence-electron chi connectivity index (χ4n) is 4.69. The van der Waals surface area contributed by atoms with E-state index in [1.54, 1.807) is 32.4 Å². The van der Waals surface area contributed by atoms with E-state index in [1.807, 2.05) is 47.6 Å². The van der Waals surface area contributed by atoms with Crippen LogP contribution in [0.25, 0.3) is 0 Å². The molecule has 0 aliphatic heterocycles. The van der Waals surface area contributed by atoms with Gasteiger partial charge in [-0.05, 0) is 48.3 Å². The van der Waals surface area contributed by atoms with Crippen molar-refractivity contribution >= 4 is 23.6 Å². The molecule has 0 aromatic carbocycles.